The van der Waals surface area contributed by atoms with Crippen LogP contribution in [0.3, 0.4) is 0 Å². The molecular formula is C11H17NO2. The molecule has 0 saturated carbocycles. The third-order valence-electron chi connectivity index (χ3n) is 3.32. The quantitative estimate of drug-likeness (QED) is 0.720. The molecule has 2 unspecified atom stereocenters. The number of carbonyl (C=O) groups excluding carboxylic acids is 2. The zero-order valence-electron chi connectivity index (χ0n) is 8.64. The van der Waals surface area contributed by atoms with Crippen molar-refractivity contribution < 1.29 is 9.59 Å². The van der Waals surface area contributed by atoms with Crippen molar-refractivity contribution in [1.29, 1.82) is 0 Å². The Balaban J connectivity index is 2.14. The van der Waals surface area contributed by atoms with Crippen LogP contribution in [0.2, 0.25) is 0 Å². The fourth-order valence-corrected chi connectivity index (χ4v) is 2.96. The first-order chi connectivity index (χ1) is 6.60. The maximum atomic E-state index is 11.5. The summed E-state index contributed by atoms with van der Waals surface area (Å²) in [5, 5.41) is 3.49. The van der Waals surface area contributed by atoms with Gasteiger partial charge in [-0.05, 0) is 19.8 Å². The Kier molecular flexibility index (Phi) is 2.43. The highest BCUT2D eigenvalue weighted by atomic mass is 16.1. The fourth-order valence-electron chi connectivity index (χ4n) is 2.96. The van der Waals surface area contributed by atoms with Gasteiger partial charge >= 0.3 is 0 Å². The molecule has 14 heavy (non-hydrogen) atoms. The van der Waals surface area contributed by atoms with E-state index in [4.69, 9.17) is 0 Å². The summed E-state index contributed by atoms with van der Waals surface area (Å²) in [5.41, 5.74) is -0.177. The van der Waals surface area contributed by atoms with Gasteiger partial charge in [0.25, 0.3) is 0 Å². The lowest BCUT2D eigenvalue weighted by Gasteiger charge is -2.45. The minimum absolute atomic E-state index is 0.177. The van der Waals surface area contributed by atoms with E-state index in [9.17, 15) is 9.59 Å². The lowest BCUT2D eigenvalue weighted by Crippen LogP contribution is -2.59. The van der Waals surface area contributed by atoms with Gasteiger partial charge in [0, 0.05) is 30.8 Å². The second-order valence-electron chi connectivity index (χ2n) is 4.81. The SMILES string of the molecule is CC(=O)CC12CCCC(CC(=O)C1)N2. The molecule has 0 aromatic heterocycles. The smallest absolute Gasteiger partial charge is 0.136 e. The van der Waals surface area contributed by atoms with Crippen LogP contribution in [0, 0.1) is 0 Å². The monoisotopic (exact) mass is 195 g/mol. The van der Waals surface area contributed by atoms with Crippen molar-refractivity contribution in [3.05, 3.63) is 0 Å². The van der Waals surface area contributed by atoms with Crippen molar-refractivity contribution in [2.24, 2.45) is 0 Å². The Morgan fingerprint density at radius 1 is 1.64 bits per heavy atom. The molecule has 0 radical (unpaired) electrons. The summed E-state index contributed by atoms with van der Waals surface area (Å²) in [7, 11) is 0. The second kappa shape index (κ2) is 3.46. The van der Waals surface area contributed by atoms with Gasteiger partial charge in [-0.25, -0.2) is 0 Å². The van der Waals surface area contributed by atoms with Gasteiger partial charge in [-0.2, -0.15) is 0 Å². The molecule has 78 valence electrons. The zero-order valence-corrected chi connectivity index (χ0v) is 8.64. The van der Waals surface area contributed by atoms with Gasteiger partial charge in [-0.15, -0.1) is 0 Å². The molecule has 2 bridgehead atoms. The number of hydrogen-bond donors (Lipinski definition) is 1. The van der Waals surface area contributed by atoms with Crippen molar-refractivity contribution in [3.63, 3.8) is 0 Å². The van der Waals surface area contributed by atoms with Gasteiger partial charge in [0.1, 0.15) is 11.6 Å². The second-order valence-corrected chi connectivity index (χ2v) is 4.81. The molecule has 2 aliphatic heterocycles. The summed E-state index contributed by atoms with van der Waals surface area (Å²) < 4.78 is 0. The van der Waals surface area contributed by atoms with Crippen LogP contribution < -0.4 is 5.32 Å². The number of Topliss-reactive ketones (excluding diaryl/α,β-unsaturated/α-hetero) is 2. The molecule has 1 N–H and O–H groups in total. The molecule has 2 heterocycles. The first-order valence-electron chi connectivity index (χ1n) is 5.38. The van der Waals surface area contributed by atoms with Gasteiger partial charge in [0.15, 0.2) is 0 Å². The van der Waals surface area contributed by atoms with E-state index < -0.39 is 0 Å². The molecule has 2 fully saturated rings. The molecule has 2 saturated heterocycles. The van der Waals surface area contributed by atoms with Crippen molar-refractivity contribution in [2.75, 3.05) is 0 Å². The van der Waals surface area contributed by atoms with Crippen LogP contribution in [0.5, 0.6) is 0 Å². The number of nitrogens with one attached hydrogen (secondary N) is 1. The molecule has 2 atom stereocenters. The Morgan fingerprint density at radius 2 is 2.43 bits per heavy atom. The van der Waals surface area contributed by atoms with Crippen molar-refractivity contribution in [2.45, 2.75) is 57.0 Å². The average molecular weight is 195 g/mol. The van der Waals surface area contributed by atoms with Gasteiger partial charge in [-0.1, -0.05) is 6.42 Å². The van der Waals surface area contributed by atoms with E-state index in [2.05, 4.69) is 5.32 Å². The van der Waals surface area contributed by atoms with Gasteiger partial charge < -0.3 is 5.32 Å². The van der Waals surface area contributed by atoms with Crippen LogP contribution in [0.1, 0.15) is 45.4 Å². The predicted octanol–water partition coefficient (Wildman–Crippen LogP) is 1.21. The predicted molar refractivity (Wildman–Crippen MR) is 53.0 cm³/mol. The minimum Gasteiger partial charge on any atom is -0.307 e. The first-order valence-corrected chi connectivity index (χ1v) is 5.38. The highest BCUT2D eigenvalue weighted by molar-refractivity contribution is 5.84. The van der Waals surface area contributed by atoms with E-state index in [1.54, 1.807) is 6.92 Å². The first kappa shape index (κ1) is 9.84. The summed E-state index contributed by atoms with van der Waals surface area (Å²) in [4.78, 5) is 22.7. The highest BCUT2D eigenvalue weighted by Gasteiger charge is 2.42. The third kappa shape index (κ3) is 1.87. The lowest BCUT2D eigenvalue weighted by atomic mass is 9.73. The average Bonchev–Trinajstić information content (AvgIpc) is 1.99. The standard InChI is InChI=1S/C11H17NO2/c1-8(13)6-11-4-2-3-9(12-11)5-10(14)7-11/h9,12H,2-7H2,1H3. The van der Waals surface area contributed by atoms with E-state index in [-0.39, 0.29) is 11.3 Å². The van der Waals surface area contributed by atoms with Crippen LogP contribution in [-0.2, 0) is 9.59 Å². The maximum absolute atomic E-state index is 11.5. The maximum Gasteiger partial charge on any atom is 0.136 e. The van der Waals surface area contributed by atoms with E-state index in [0.29, 0.717) is 31.1 Å². The zero-order chi connectivity index (χ0) is 10.2. The molecule has 0 aromatic carbocycles. The molecule has 0 spiro atoms. The normalized spacial score (nSPS) is 36.9. The Hall–Kier alpha value is -0.700. The number of fused-ring (bicyclic) bond motifs is 2. The topological polar surface area (TPSA) is 46.2 Å². The van der Waals surface area contributed by atoms with E-state index in [1.165, 1.54) is 0 Å². The minimum atomic E-state index is -0.177. The van der Waals surface area contributed by atoms with Crippen LogP contribution in [0.4, 0.5) is 0 Å². The largest absolute Gasteiger partial charge is 0.307 e. The number of piperidine rings is 2. The Morgan fingerprint density at radius 3 is 3.14 bits per heavy atom. The van der Waals surface area contributed by atoms with Crippen molar-refractivity contribution >= 4 is 11.6 Å². The van der Waals surface area contributed by atoms with E-state index in [0.717, 1.165) is 19.3 Å². The summed E-state index contributed by atoms with van der Waals surface area (Å²) in [6.45, 7) is 1.61. The number of rotatable bonds is 2. The fraction of sp³-hybridized carbons (Fsp3) is 0.818. The molecule has 0 aliphatic carbocycles. The number of carbonyl (C=O) groups is 2. The summed E-state index contributed by atoms with van der Waals surface area (Å²) in [5.74, 6) is 0.516. The summed E-state index contributed by atoms with van der Waals surface area (Å²) in [6.07, 6.45) is 4.97. The molecule has 3 nitrogen and oxygen atoms in total. The van der Waals surface area contributed by atoms with Gasteiger partial charge in [0.2, 0.25) is 0 Å². The highest BCUT2D eigenvalue weighted by Crippen LogP contribution is 2.34. The van der Waals surface area contributed by atoms with E-state index in [1.807, 2.05) is 0 Å². The molecule has 0 aromatic rings. The molecule has 2 aliphatic rings. The van der Waals surface area contributed by atoms with Crippen LogP contribution >= 0.6 is 0 Å². The van der Waals surface area contributed by atoms with Crippen molar-refractivity contribution in [3.8, 4) is 0 Å². The Labute approximate surface area is 84.2 Å². The lowest BCUT2D eigenvalue weighted by molar-refractivity contribution is -0.126. The summed E-state index contributed by atoms with van der Waals surface area (Å²) in [6, 6.07) is 0.337. The molecule has 2 rings (SSSR count). The molecule has 3 heteroatoms. The number of ketones is 2. The van der Waals surface area contributed by atoms with Crippen LogP contribution in [0.25, 0.3) is 0 Å². The van der Waals surface area contributed by atoms with Crippen LogP contribution in [0.15, 0.2) is 0 Å². The third-order valence-corrected chi connectivity index (χ3v) is 3.32. The van der Waals surface area contributed by atoms with Gasteiger partial charge in [0.05, 0.1) is 0 Å². The van der Waals surface area contributed by atoms with Gasteiger partial charge in [-0.3, -0.25) is 9.59 Å². The molecule has 0 amide bonds. The molecular weight excluding hydrogens is 178 g/mol. The van der Waals surface area contributed by atoms with Crippen LogP contribution in [-0.4, -0.2) is 23.1 Å². The summed E-state index contributed by atoms with van der Waals surface area (Å²) >= 11 is 0. The van der Waals surface area contributed by atoms with E-state index >= 15 is 0 Å². The number of hydrogen-bond acceptors (Lipinski definition) is 3. The van der Waals surface area contributed by atoms with Crippen molar-refractivity contribution in [1.82, 2.24) is 5.32 Å². The Bertz CT molecular complexity index is 270.